The smallest absolute Gasteiger partial charge is 0.241 e. The number of nitrogens with one attached hydrogen (secondary N) is 1. The fourth-order valence-electron chi connectivity index (χ4n) is 1.63. The van der Waals surface area contributed by atoms with Gasteiger partial charge in [-0.05, 0) is 13.0 Å². The van der Waals surface area contributed by atoms with Crippen LogP contribution in [0, 0.1) is 6.92 Å². The van der Waals surface area contributed by atoms with Crippen molar-refractivity contribution in [3.63, 3.8) is 0 Å². The molecule has 0 bridgehead atoms. The van der Waals surface area contributed by atoms with Crippen molar-refractivity contribution in [2.45, 2.75) is 20.0 Å². The lowest BCUT2D eigenvalue weighted by Crippen LogP contribution is -2.31. The van der Waals surface area contributed by atoms with Gasteiger partial charge in [-0.3, -0.25) is 14.2 Å². The molecule has 0 aliphatic rings. The minimum absolute atomic E-state index is 0.0895. The Hall–Kier alpha value is -2.31. The molecule has 2 aromatic heterocycles. The van der Waals surface area contributed by atoms with Gasteiger partial charge in [0.1, 0.15) is 12.4 Å². The lowest BCUT2D eigenvalue weighted by atomic mass is 10.4. The summed E-state index contributed by atoms with van der Waals surface area (Å²) in [5.41, 5.74) is 6.41. The third kappa shape index (κ3) is 3.09. The van der Waals surface area contributed by atoms with E-state index >= 15 is 0 Å². The molecule has 0 unspecified atom stereocenters. The largest absolute Gasteiger partial charge is 0.382 e. The highest BCUT2D eigenvalue weighted by atomic mass is 16.2. The van der Waals surface area contributed by atoms with E-state index in [1.54, 1.807) is 21.6 Å². The van der Waals surface area contributed by atoms with Crippen molar-refractivity contribution in [2.75, 3.05) is 12.3 Å². The molecule has 0 aromatic carbocycles. The topological polar surface area (TPSA) is 90.8 Å². The van der Waals surface area contributed by atoms with Gasteiger partial charge in [0.25, 0.3) is 0 Å². The first-order chi connectivity index (χ1) is 8.65. The summed E-state index contributed by atoms with van der Waals surface area (Å²) in [6.07, 6.45) is 3.56. The third-order valence-electron chi connectivity index (χ3n) is 2.52. The van der Waals surface area contributed by atoms with Gasteiger partial charge in [0.05, 0.1) is 6.54 Å². The quantitative estimate of drug-likeness (QED) is 0.765. The van der Waals surface area contributed by atoms with Gasteiger partial charge in [-0.25, -0.2) is 0 Å². The van der Waals surface area contributed by atoms with Gasteiger partial charge in [-0.1, -0.05) is 0 Å². The Bertz CT molecular complexity index is 516. The van der Waals surface area contributed by atoms with E-state index in [0.29, 0.717) is 18.9 Å². The summed E-state index contributed by atoms with van der Waals surface area (Å²) >= 11 is 0. The van der Waals surface area contributed by atoms with Gasteiger partial charge < -0.3 is 11.1 Å². The molecule has 18 heavy (non-hydrogen) atoms. The molecule has 3 N–H and O–H groups in total. The van der Waals surface area contributed by atoms with Crippen LogP contribution in [0.3, 0.4) is 0 Å². The number of nitrogens with two attached hydrogens (primary N) is 1. The summed E-state index contributed by atoms with van der Waals surface area (Å²) in [7, 11) is 0. The highest BCUT2D eigenvalue weighted by Crippen LogP contribution is 2.03. The molecule has 0 fully saturated rings. The molecule has 0 spiro atoms. The Morgan fingerprint density at radius 3 is 3.00 bits per heavy atom. The minimum atomic E-state index is -0.0895. The second-order valence-electron chi connectivity index (χ2n) is 3.99. The van der Waals surface area contributed by atoms with Crippen LogP contribution in [0.1, 0.15) is 5.69 Å². The Morgan fingerprint density at radius 1 is 1.56 bits per heavy atom. The number of anilines is 1. The molecule has 96 valence electrons. The van der Waals surface area contributed by atoms with Crippen molar-refractivity contribution >= 4 is 11.7 Å². The molecule has 2 rings (SSSR count). The normalized spacial score (nSPS) is 10.5. The molecule has 7 heteroatoms. The number of hydrogen-bond acceptors (Lipinski definition) is 4. The first-order valence-electron chi connectivity index (χ1n) is 5.69. The van der Waals surface area contributed by atoms with Crippen LogP contribution in [0.15, 0.2) is 24.5 Å². The van der Waals surface area contributed by atoms with Crippen LogP contribution in [-0.2, 0) is 17.9 Å². The van der Waals surface area contributed by atoms with Crippen LogP contribution in [0.2, 0.25) is 0 Å². The number of amides is 1. The van der Waals surface area contributed by atoms with Crippen LogP contribution in [-0.4, -0.2) is 32.0 Å². The number of nitrogen functional groups attached to an aromatic ring is 1. The van der Waals surface area contributed by atoms with Crippen LogP contribution in [0.25, 0.3) is 0 Å². The van der Waals surface area contributed by atoms with Crippen LogP contribution in [0.5, 0.6) is 0 Å². The van der Waals surface area contributed by atoms with Gasteiger partial charge in [0.2, 0.25) is 5.91 Å². The van der Waals surface area contributed by atoms with Crippen LogP contribution < -0.4 is 11.1 Å². The molecular formula is C11H16N6O. The predicted octanol–water partition coefficient (Wildman–Crippen LogP) is -0.213. The van der Waals surface area contributed by atoms with Crippen molar-refractivity contribution in [1.82, 2.24) is 24.9 Å². The third-order valence-corrected chi connectivity index (χ3v) is 2.52. The summed E-state index contributed by atoms with van der Waals surface area (Å²) < 4.78 is 3.34. The van der Waals surface area contributed by atoms with E-state index in [1.165, 1.54) is 0 Å². The second-order valence-corrected chi connectivity index (χ2v) is 3.99. The summed E-state index contributed by atoms with van der Waals surface area (Å²) in [5, 5.41) is 10.9. The molecule has 0 aliphatic heterocycles. The van der Waals surface area contributed by atoms with Crippen molar-refractivity contribution in [3.05, 3.63) is 30.2 Å². The van der Waals surface area contributed by atoms with E-state index < -0.39 is 0 Å². The average Bonchev–Trinajstić information content (AvgIpc) is 2.90. The Labute approximate surface area is 105 Å². The van der Waals surface area contributed by atoms with Crippen LogP contribution >= 0.6 is 0 Å². The number of hydrogen-bond donors (Lipinski definition) is 2. The van der Waals surface area contributed by atoms with E-state index in [9.17, 15) is 4.79 Å². The predicted molar refractivity (Wildman–Crippen MR) is 66.6 cm³/mol. The molecule has 2 heterocycles. The zero-order valence-corrected chi connectivity index (χ0v) is 10.2. The molecule has 0 atom stereocenters. The number of aromatic nitrogens is 4. The van der Waals surface area contributed by atoms with Gasteiger partial charge in [-0.2, -0.15) is 10.2 Å². The fraction of sp³-hybridized carbons (Fsp3) is 0.364. The average molecular weight is 248 g/mol. The van der Waals surface area contributed by atoms with Crippen molar-refractivity contribution < 1.29 is 4.79 Å². The van der Waals surface area contributed by atoms with Crippen molar-refractivity contribution in [1.29, 1.82) is 0 Å². The van der Waals surface area contributed by atoms with E-state index in [4.69, 9.17) is 5.73 Å². The van der Waals surface area contributed by atoms with Gasteiger partial charge in [0, 0.05) is 30.7 Å². The maximum absolute atomic E-state index is 11.7. The summed E-state index contributed by atoms with van der Waals surface area (Å²) in [6.45, 7) is 3.23. The fourth-order valence-corrected chi connectivity index (χ4v) is 1.63. The first kappa shape index (κ1) is 12.2. The van der Waals surface area contributed by atoms with Gasteiger partial charge in [0.15, 0.2) is 0 Å². The number of aryl methyl sites for hydroxylation is 1. The summed E-state index contributed by atoms with van der Waals surface area (Å²) in [6, 6.07) is 3.58. The number of rotatable bonds is 5. The van der Waals surface area contributed by atoms with E-state index in [1.807, 2.05) is 19.2 Å². The van der Waals surface area contributed by atoms with E-state index in [2.05, 4.69) is 15.5 Å². The van der Waals surface area contributed by atoms with Crippen LogP contribution in [0.4, 0.5) is 5.82 Å². The molecular weight excluding hydrogens is 232 g/mol. The number of carbonyl (C=O) groups excluding carboxylic acids is 1. The molecule has 2 aromatic rings. The monoisotopic (exact) mass is 248 g/mol. The Kier molecular flexibility index (Phi) is 3.61. The summed E-state index contributed by atoms with van der Waals surface area (Å²) in [5.74, 6) is 0.338. The lowest BCUT2D eigenvalue weighted by molar-refractivity contribution is -0.121. The maximum atomic E-state index is 11.7. The molecule has 7 nitrogen and oxygen atoms in total. The highest BCUT2D eigenvalue weighted by Gasteiger charge is 2.06. The molecule has 1 amide bonds. The highest BCUT2D eigenvalue weighted by molar-refractivity contribution is 5.75. The van der Waals surface area contributed by atoms with E-state index in [0.717, 1.165) is 5.69 Å². The second kappa shape index (κ2) is 5.35. The SMILES string of the molecule is Cc1cc(N)nn1CC(=O)NCCn1cccn1. The Balaban J connectivity index is 1.77. The summed E-state index contributed by atoms with van der Waals surface area (Å²) in [4.78, 5) is 11.7. The standard InChI is InChI=1S/C11H16N6O/c1-9-7-10(12)15-17(9)8-11(18)13-4-6-16-5-2-3-14-16/h2-3,5,7H,4,6,8H2,1H3,(H2,12,15)(H,13,18). The Morgan fingerprint density at radius 2 is 2.39 bits per heavy atom. The lowest BCUT2D eigenvalue weighted by Gasteiger charge is -2.06. The zero-order valence-electron chi connectivity index (χ0n) is 10.2. The molecule has 0 radical (unpaired) electrons. The first-order valence-corrected chi connectivity index (χ1v) is 5.69. The molecule has 0 saturated carbocycles. The number of carbonyl (C=O) groups is 1. The number of nitrogens with zero attached hydrogens (tertiary/aromatic N) is 4. The van der Waals surface area contributed by atoms with Crippen molar-refractivity contribution in [2.24, 2.45) is 0 Å². The van der Waals surface area contributed by atoms with Gasteiger partial charge in [-0.15, -0.1) is 0 Å². The van der Waals surface area contributed by atoms with E-state index in [-0.39, 0.29) is 12.5 Å². The van der Waals surface area contributed by atoms with Gasteiger partial charge >= 0.3 is 0 Å². The zero-order chi connectivity index (χ0) is 13.0. The molecule has 0 saturated heterocycles. The van der Waals surface area contributed by atoms with Crippen molar-refractivity contribution in [3.8, 4) is 0 Å². The minimum Gasteiger partial charge on any atom is -0.382 e. The molecule has 0 aliphatic carbocycles. The maximum Gasteiger partial charge on any atom is 0.241 e.